The molecule has 2 N–H and O–H groups in total. The molecule has 0 saturated heterocycles. The molecule has 0 bridgehead atoms. The van der Waals surface area contributed by atoms with Crippen molar-refractivity contribution in [3.05, 3.63) is 89.0 Å². The zero-order chi connectivity index (χ0) is 24.0. The third-order valence-corrected chi connectivity index (χ3v) is 7.15. The monoisotopic (exact) mass is 465 g/mol. The van der Waals surface area contributed by atoms with Crippen LogP contribution in [0.2, 0.25) is 0 Å². The van der Waals surface area contributed by atoms with E-state index in [1.54, 1.807) is 31.2 Å². The molecule has 3 aromatic rings. The number of hydrogen-bond acceptors (Lipinski definition) is 4. The molecule has 1 amide bonds. The van der Waals surface area contributed by atoms with Crippen molar-refractivity contribution in [3.8, 4) is 0 Å². The molecular formula is C26H31N3O3S. The molecule has 0 unspecified atom stereocenters. The lowest BCUT2D eigenvalue weighted by Crippen LogP contribution is -2.24. The van der Waals surface area contributed by atoms with E-state index < -0.39 is 10.0 Å². The van der Waals surface area contributed by atoms with E-state index in [-0.39, 0.29) is 10.8 Å². The normalized spacial score (nSPS) is 11.2. The van der Waals surface area contributed by atoms with Gasteiger partial charge in [-0.05, 0) is 74.7 Å². The molecule has 0 aliphatic heterocycles. The summed E-state index contributed by atoms with van der Waals surface area (Å²) in [6.45, 7) is 10.0. The number of nitrogens with zero attached hydrogens (tertiary/aromatic N) is 1. The molecule has 6 nitrogen and oxygen atoms in total. The summed E-state index contributed by atoms with van der Waals surface area (Å²) in [7, 11) is -3.84. The van der Waals surface area contributed by atoms with Gasteiger partial charge in [0.1, 0.15) is 0 Å². The Hall–Kier alpha value is -3.32. The lowest BCUT2D eigenvalue weighted by molar-refractivity contribution is 0.0950. The molecule has 7 heteroatoms. The van der Waals surface area contributed by atoms with Crippen molar-refractivity contribution < 1.29 is 13.2 Å². The minimum atomic E-state index is -3.84. The fraction of sp³-hybridized carbons (Fsp3) is 0.269. The Bertz CT molecular complexity index is 1220. The van der Waals surface area contributed by atoms with Crippen LogP contribution in [0, 0.1) is 13.8 Å². The van der Waals surface area contributed by atoms with Gasteiger partial charge in [0.25, 0.3) is 15.9 Å². The Kier molecular flexibility index (Phi) is 7.76. The molecule has 0 heterocycles. The number of benzene rings is 3. The molecule has 0 aromatic heterocycles. The topological polar surface area (TPSA) is 78.5 Å². The van der Waals surface area contributed by atoms with Crippen LogP contribution in [0.1, 0.15) is 40.9 Å². The van der Waals surface area contributed by atoms with Crippen LogP contribution in [0.3, 0.4) is 0 Å². The number of hydrogen-bond donors (Lipinski definition) is 2. The second kappa shape index (κ2) is 10.5. The van der Waals surface area contributed by atoms with Gasteiger partial charge in [-0.2, -0.15) is 0 Å². The predicted octanol–water partition coefficient (Wildman–Crippen LogP) is 4.88. The molecule has 3 aromatic carbocycles. The number of anilines is 2. The lowest BCUT2D eigenvalue weighted by Gasteiger charge is -2.21. The fourth-order valence-corrected chi connectivity index (χ4v) is 5.02. The van der Waals surface area contributed by atoms with Crippen molar-refractivity contribution in [2.45, 2.75) is 39.1 Å². The van der Waals surface area contributed by atoms with Crippen molar-refractivity contribution in [1.29, 1.82) is 0 Å². The first-order valence-corrected chi connectivity index (χ1v) is 12.5. The summed E-state index contributed by atoms with van der Waals surface area (Å²) in [6.07, 6.45) is 0. The fourth-order valence-electron chi connectivity index (χ4n) is 3.62. The molecule has 0 aliphatic rings. The van der Waals surface area contributed by atoms with Crippen molar-refractivity contribution >= 4 is 27.3 Å². The zero-order valence-corrected chi connectivity index (χ0v) is 20.4. The number of nitrogens with one attached hydrogen (secondary N) is 2. The van der Waals surface area contributed by atoms with Gasteiger partial charge in [-0.15, -0.1) is 0 Å². The Balaban J connectivity index is 1.73. The van der Waals surface area contributed by atoms with Gasteiger partial charge < -0.3 is 10.2 Å². The molecule has 3 rings (SSSR count). The van der Waals surface area contributed by atoms with Gasteiger partial charge in [0, 0.05) is 30.9 Å². The maximum Gasteiger partial charge on any atom is 0.262 e. The molecular weight excluding hydrogens is 434 g/mol. The minimum absolute atomic E-state index is 0.0852. The van der Waals surface area contributed by atoms with Crippen molar-refractivity contribution in [1.82, 2.24) is 5.32 Å². The number of rotatable bonds is 9. The maximum absolute atomic E-state index is 13.0. The first-order chi connectivity index (χ1) is 15.7. The highest BCUT2D eigenvalue weighted by Gasteiger charge is 2.20. The summed E-state index contributed by atoms with van der Waals surface area (Å²) in [5.41, 5.74) is 4.31. The largest absolute Gasteiger partial charge is 0.372 e. The van der Waals surface area contributed by atoms with Gasteiger partial charge in [-0.25, -0.2) is 8.42 Å². The van der Waals surface area contributed by atoms with Crippen LogP contribution in [-0.2, 0) is 16.6 Å². The molecule has 174 valence electrons. The molecule has 0 saturated carbocycles. The van der Waals surface area contributed by atoms with E-state index >= 15 is 0 Å². The lowest BCUT2D eigenvalue weighted by atomic mass is 10.1. The third kappa shape index (κ3) is 5.93. The first-order valence-electron chi connectivity index (χ1n) is 11.1. The van der Waals surface area contributed by atoms with Gasteiger partial charge in [0.2, 0.25) is 0 Å². The average Bonchev–Trinajstić information content (AvgIpc) is 2.80. The number of sulfonamides is 1. The second-order valence-corrected chi connectivity index (χ2v) is 9.57. The minimum Gasteiger partial charge on any atom is -0.372 e. The van der Waals surface area contributed by atoms with E-state index in [2.05, 4.69) is 28.8 Å². The summed E-state index contributed by atoms with van der Waals surface area (Å²) in [5.74, 6) is -0.324. The van der Waals surface area contributed by atoms with Gasteiger partial charge in [-0.3, -0.25) is 9.52 Å². The van der Waals surface area contributed by atoms with Crippen molar-refractivity contribution in [2.24, 2.45) is 0 Å². The molecule has 0 spiro atoms. The molecule has 33 heavy (non-hydrogen) atoms. The zero-order valence-electron chi connectivity index (χ0n) is 19.6. The van der Waals surface area contributed by atoms with E-state index in [0.717, 1.165) is 29.9 Å². The first kappa shape index (κ1) is 24.3. The van der Waals surface area contributed by atoms with E-state index in [1.165, 1.54) is 6.07 Å². The van der Waals surface area contributed by atoms with Crippen molar-refractivity contribution in [2.75, 3.05) is 22.7 Å². The number of amides is 1. The SMILES string of the molecule is CCN(CC)c1ccc(CNC(=O)c2ccc(C)c(S(=O)(=O)Nc3ccccc3C)c2)cc1. The highest BCUT2D eigenvalue weighted by molar-refractivity contribution is 7.92. The summed E-state index contributed by atoms with van der Waals surface area (Å²) >= 11 is 0. The summed E-state index contributed by atoms with van der Waals surface area (Å²) < 4.78 is 28.7. The third-order valence-electron chi connectivity index (χ3n) is 5.65. The van der Waals surface area contributed by atoms with Gasteiger partial charge in [-0.1, -0.05) is 36.4 Å². The second-order valence-electron chi connectivity index (χ2n) is 7.92. The Morgan fingerprint density at radius 3 is 2.18 bits per heavy atom. The van der Waals surface area contributed by atoms with E-state index in [9.17, 15) is 13.2 Å². The summed E-state index contributed by atoms with van der Waals surface area (Å²) in [5, 5.41) is 2.88. The van der Waals surface area contributed by atoms with Gasteiger partial charge in [0.15, 0.2) is 0 Å². The Labute approximate surface area is 196 Å². The van der Waals surface area contributed by atoms with Crippen LogP contribution in [0.25, 0.3) is 0 Å². The van der Waals surface area contributed by atoms with Crippen LogP contribution in [0.4, 0.5) is 11.4 Å². The summed E-state index contributed by atoms with van der Waals surface area (Å²) in [4.78, 5) is 15.1. The highest BCUT2D eigenvalue weighted by atomic mass is 32.2. The average molecular weight is 466 g/mol. The summed E-state index contributed by atoms with van der Waals surface area (Å²) in [6, 6.07) is 20.0. The van der Waals surface area contributed by atoms with Crippen LogP contribution in [0.5, 0.6) is 0 Å². The maximum atomic E-state index is 13.0. The van der Waals surface area contributed by atoms with Crippen LogP contribution in [0.15, 0.2) is 71.6 Å². The predicted molar refractivity (Wildman–Crippen MR) is 134 cm³/mol. The van der Waals surface area contributed by atoms with E-state index in [0.29, 0.717) is 23.4 Å². The molecule has 0 aliphatic carbocycles. The van der Waals surface area contributed by atoms with Crippen molar-refractivity contribution in [3.63, 3.8) is 0 Å². The molecule has 0 fully saturated rings. The number of para-hydroxylation sites is 1. The quantitative estimate of drug-likeness (QED) is 0.472. The molecule has 0 radical (unpaired) electrons. The molecule has 0 atom stereocenters. The van der Waals surface area contributed by atoms with Crippen LogP contribution in [-0.4, -0.2) is 27.4 Å². The Morgan fingerprint density at radius 1 is 0.879 bits per heavy atom. The van der Waals surface area contributed by atoms with Gasteiger partial charge >= 0.3 is 0 Å². The smallest absolute Gasteiger partial charge is 0.262 e. The number of carbonyl (C=O) groups is 1. The highest BCUT2D eigenvalue weighted by Crippen LogP contribution is 2.23. The number of carbonyl (C=O) groups excluding carboxylic acids is 1. The van der Waals surface area contributed by atoms with E-state index in [4.69, 9.17) is 0 Å². The van der Waals surface area contributed by atoms with Crippen LogP contribution < -0.4 is 14.9 Å². The Morgan fingerprint density at radius 2 is 1.55 bits per heavy atom. The standard InChI is InChI=1S/C26H31N3O3S/c1-5-29(6-2)23-15-12-21(13-16-23)18-27-26(30)22-14-11-20(4)25(17-22)33(31,32)28-24-10-8-7-9-19(24)3/h7-17,28H,5-6,18H2,1-4H3,(H,27,30). The van der Waals surface area contributed by atoms with Gasteiger partial charge in [0.05, 0.1) is 10.6 Å². The number of aryl methyl sites for hydroxylation is 2. The van der Waals surface area contributed by atoms with Crippen LogP contribution >= 0.6 is 0 Å². The van der Waals surface area contributed by atoms with E-state index in [1.807, 2.05) is 43.3 Å².